The molecule has 6 heteroatoms. The second-order valence-corrected chi connectivity index (χ2v) is 7.96. The zero-order chi connectivity index (χ0) is 21.1. The number of fused-ring (bicyclic) bond motifs is 1. The summed E-state index contributed by atoms with van der Waals surface area (Å²) in [6.45, 7) is 0. The zero-order valence-electron chi connectivity index (χ0n) is 15.9. The fourth-order valence-corrected chi connectivity index (χ4v) is 3.91. The monoisotopic (exact) mass is 440 g/mol. The van der Waals surface area contributed by atoms with Crippen LogP contribution in [0.25, 0.3) is 0 Å². The topological polar surface area (TPSA) is 52.6 Å². The number of carbonyl (C=O) groups excluding carboxylic acids is 2. The molecule has 0 N–H and O–H groups in total. The number of esters is 2. The summed E-state index contributed by atoms with van der Waals surface area (Å²) in [5.41, 5.74) is 2.83. The maximum absolute atomic E-state index is 12.7. The molecule has 0 saturated heterocycles. The highest BCUT2D eigenvalue weighted by molar-refractivity contribution is 6.31. The Kier molecular flexibility index (Phi) is 6.07. The number of rotatable bonds is 4. The van der Waals surface area contributed by atoms with E-state index in [0.29, 0.717) is 34.0 Å². The maximum Gasteiger partial charge on any atom is 0.338 e. The van der Waals surface area contributed by atoms with Crippen LogP contribution in [-0.2, 0) is 22.3 Å². The Balaban J connectivity index is 1.57. The summed E-state index contributed by atoms with van der Waals surface area (Å²) in [4.78, 5) is 25.4. The van der Waals surface area contributed by atoms with E-state index in [2.05, 4.69) is 0 Å². The molecule has 4 rings (SSSR count). The smallest absolute Gasteiger partial charge is 0.338 e. The minimum atomic E-state index is -0.616. The molecule has 0 bridgehead atoms. The molecule has 30 heavy (non-hydrogen) atoms. The molecule has 0 spiro atoms. The summed E-state index contributed by atoms with van der Waals surface area (Å²) in [6.07, 6.45) is -0.324. The summed E-state index contributed by atoms with van der Waals surface area (Å²) in [6, 6.07) is 21.0. The largest absolute Gasteiger partial charge is 0.454 e. The first-order valence-electron chi connectivity index (χ1n) is 9.49. The van der Waals surface area contributed by atoms with Crippen molar-refractivity contribution in [2.24, 2.45) is 0 Å². The summed E-state index contributed by atoms with van der Waals surface area (Å²) >= 11 is 12.0. The number of hydrogen-bond acceptors (Lipinski definition) is 4. The van der Waals surface area contributed by atoms with E-state index < -0.39 is 24.1 Å². The molecule has 0 fully saturated rings. The molecule has 2 unspecified atom stereocenters. The predicted octanol–water partition coefficient (Wildman–Crippen LogP) is 5.54. The fourth-order valence-electron chi connectivity index (χ4n) is 3.53. The van der Waals surface area contributed by atoms with E-state index in [0.717, 1.165) is 11.1 Å². The Labute approximate surface area is 184 Å². The van der Waals surface area contributed by atoms with Gasteiger partial charge in [0.2, 0.25) is 0 Å². The third-order valence-electron chi connectivity index (χ3n) is 5.01. The molecule has 152 valence electrons. The highest BCUT2D eigenvalue weighted by atomic mass is 35.5. The number of hydrogen-bond donors (Lipinski definition) is 0. The molecular weight excluding hydrogens is 423 g/mol. The molecule has 2 atom stereocenters. The van der Waals surface area contributed by atoms with Gasteiger partial charge in [-0.3, -0.25) is 0 Å². The van der Waals surface area contributed by atoms with E-state index in [4.69, 9.17) is 32.7 Å². The van der Waals surface area contributed by atoms with Crippen molar-refractivity contribution >= 4 is 35.1 Å². The van der Waals surface area contributed by atoms with Gasteiger partial charge in [0.25, 0.3) is 0 Å². The first-order valence-corrected chi connectivity index (χ1v) is 10.2. The summed E-state index contributed by atoms with van der Waals surface area (Å²) < 4.78 is 11.5. The molecule has 0 radical (unpaired) electrons. The molecule has 0 amide bonds. The molecule has 3 aromatic rings. The van der Waals surface area contributed by atoms with Crippen LogP contribution in [0.1, 0.15) is 31.8 Å². The minimum Gasteiger partial charge on any atom is -0.454 e. The van der Waals surface area contributed by atoms with Gasteiger partial charge in [-0.25, -0.2) is 9.59 Å². The zero-order valence-corrected chi connectivity index (χ0v) is 17.4. The second kappa shape index (κ2) is 8.90. The third-order valence-corrected chi connectivity index (χ3v) is 5.48. The van der Waals surface area contributed by atoms with Crippen molar-refractivity contribution in [2.75, 3.05) is 0 Å². The Morgan fingerprint density at radius 3 is 1.50 bits per heavy atom. The summed E-state index contributed by atoms with van der Waals surface area (Å²) in [5.74, 6) is -1.02. The van der Waals surface area contributed by atoms with Crippen molar-refractivity contribution in [1.29, 1.82) is 0 Å². The van der Waals surface area contributed by atoms with E-state index in [1.165, 1.54) is 0 Å². The number of ether oxygens (including phenoxy) is 2. The number of carbonyl (C=O) groups is 2. The summed E-state index contributed by atoms with van der Waals surface area (Å²) in [5, 5.41) is 0.893. The van der Waals surface area contributed by atoms with Gasteiger partial charge in [-0.15, -0.1) is 0 Å². The molecule has 0 heterocycles. The Bertz CT molecular complexity index is 1010. The predicted molar refractivity (Wildman–Crippen MR) is 115 cm³/mol. The van der Waals surface area contributed by atoms with Crippen molar-refractivity contribution < 1.29 is 19.1 Å². The Hall–Kier alpha value is -2.82. The van der Waals surface area contributed by atoms with Crippen molar-refractivity contribution in [1.82, 2.24) is 0 Å². The van der Waals surface area contributed by atoms with Gasteiger partial charge in [0, 0.05) is 22.9 Å². The first kappa shape index (κ1) is 20.5. The fraction of sp³-hybridized carbons (Fsp3) is 0.167. The summed E-state index contributed by atoms with van der Waals surface area (Å²) in [7, 11) is 0. The lowest BCUT2D eigenvalue weighted by atomic mass is 9.87. The van der Waals surface area contributed by atoms with Crippen molar-refractivity contribution in [3.63, 3.8) is 0 Å². The highest BCUT2D eigenvalue weighted by Gasteiger charge is 2.34. The van der Waals surface area contributed by atoms with Gasteiger partial charge >= 0.3 is 11.9 Å². The van der Waals surface area contributed by atoms with Crippen LogP contribution in [0.15, 0.2) is 72.8 Å². The molecule has 0 saturated carbocycles. The average Bonchev–Trinajstić information content (AvgIpc) is 2.74. The van der Waals surface area contributed by atoms with Gasteiger partial charge in [-0.05, 0) is 47.5 Å². The average molecular weight is 441 g/mol. The minimum absolute atomic E-state index is 0.348. The van der Waals surface area contributed by atoms with E-state index >= 15 is 0 Å². The van der Waals surface area contributed by atoms with Crippen molar-refractivity contribution in [3.8, 4) is 0 Å². The lowest BCUT2D eigenvalue weighted by Gasteiger charge is -2.32. The SMILES string of the molecule is O=C(OC1Cc2ccccc2CC1OC(=O)c1cccc(Cl)c1)c1cccc(Cl)c1. The van der Waals surface area contributed by atoms with Crippen LogP contribution in [-0.4, -0.2) is 24.1 Å². The molecule has 1 aliphatic carbocycles. The van der Waals surface area contributed by atoms with Crippen LogP contribution in [0.2, 0.25) is 10.0 Å². The maximum atomic E-state index is 12.7. The van der Waals surface area contributed by atoms with Crippen LogP contribution in [0.5, 0.6) is 0 Å². The van der Waals surface area contributed by atoms with E-state index in [1.54, 1.807) is 48.5 Å². The Morgan fingerprint density at radius 1 is 0.667 bits per heavy atom. The first-order chi connectivity index (χ1) is 14.5. The van der Waals surface area contributed by atoms with Crippen LogP contribution in [0.3, 0.4) is 0 Å². The number of benzene rings is 3. The second-order valence-electron chi connectivity index (χ2n) is 7.09. The standard InChI is InChI=1S/C24H18Cl2O4/c25-19-9-3-7-17(11-19)23(27)29-21-13-15-5-1-2-6-16(15)14-22(21)30-24(28)18-8-4-10-20(26)12-18/h1-12,21-22H,13-14H2. The van der Waals surface area contributed by atoms with Gasteiger partial charge in [0.15, 0.2) is 0 Å². The van der Waals surface area contributed by atoms with E-state index in [-0.39, 0.29) is 0 Å². The lowest BCUT2D eigenvalue weighted by molar-refractivity contribution is -0.0389. The van der Waals surface area contributed by atoms with Crippen LogP contribution < -0.4 is 0 Å². The van der Waals surface area contributed by atoms with Gasteiger partial charge in [-0.2, -0.15) is 0 Å². The highest BCUT2D eigenvalue weighted by Crippen LogP contribution is 2.27. The number of halogens is 2. The molecule has 0 aliphatic heterocycles. The Morgan fingerprint density at radius 2 is 1.10 bits per heavy atom. The lowest BCUT2D eigenvalue weighted by Crippen LogP contribution is -2.41. The van der Waals surface area contributed by atoms with Gasteiger partial charge in [-0.1, -0.05) is 59.6 Å². The normalized spacial score (nSPS) is 17.7. The van der Waals surface area contributed by atoms with Gasteiger partial charge < -0.3 is 9.47 Å². The third kappa shape index (κ3) is 4.66. The van der Waals surface area contributed by atoms with Crippen molar-refractivity contribution in [3.05, 3.63) is 105 Å². The molecule has 4 nitrogen and oxygen atoms in total. The molecule has 3 aromatic carbocycles. The van der Waals surface area contributed by atoms with E-state index in [9.17, 15) is 9.59 Å². The molecule has 0 aromatic heterocycles. The van der Waals surface area contributed by atoms with Crippen LogP contribution >= 0.6 is 23.2 Å². The van der Waals surface area contributed by atoms with Crippen LogP contribution in [0, 0.1) is 0 Å². The van der Waals surface area contributed by atoms with Crippen LogP contribution in [0.4, 0.5) is 0 Å². The van der Waals surface area contributed by atoms with E-state index in [1.807, 2.05) is 24.3 Å². The van der Waals surface area contributed by atoms with Gasteiger partial charge in [0.1, 0.15) is 12.2 Å². The molecule has 1 aliphatic rings. The quantitative estimate of drug-likeness (QED) is 0.499. The van der Waals surface area contributed by atoms with Crippen molar-refractivity contribution in [2.45, 2.75) is 25.0 Å². The molecular formula is C24H18Cl2O4. The van der Waals surface area contributed by atoms with Gasteiger partial charge in [0.05, 0.1) is 11.1 Å².